The summed E-state index contributed by atoms with van der Waals surface area (Å²) in [5.74, 6) is 6.05. The Labute approximate surface area is 123 Å². The summed E-state index contributed by atoms with van der Waals surface area (Å²) in [7, 11) is 0. The predicted molar refractivity (Wildman–Crippen MR) is 79.7 cm³/mol. The minimum Gasteiger partial charge on any atom is -0.244 e. The lowest BCUT2D eigenvalue weighted by molar-refractivity contribution is 0.562. The van der Waals surface area contributed by atoms with E-state index in [1.54, 1.807) is 23.1 Å². The minimum atomic E-state index is 0.000912. The Kier molecular flexibility index (Phi) is 3.15. The summed E-state index contributed by atoms with van der Waals surface area (Å²) in [6.07, 6.45) is 8.47. The summed E-state index contributed by atoms with van der Waals surface area (Å²) in [5, 5.41) is 4.56. The zero-order chi connectivity index (χ0) is 14.9. The summed E-state index contributed by atoms with van der Waals surface area (Å²) < 4.78 is 1.77. The van der Waals surface area contributed by atoms with E-state index in [1.165, 1.54) is 6.33 Å². The Bertz CT molecular complexity index is 832. The van der Waals surface area contributed by atoms with Gasteiger partial charge in [-0.25, -0.2) is 19.5 Å². The largest absolute Gasteiger partial charge is 0.244 e. The van der Waals surface area contributed by atoms with E-state index in [-0.39, 0.29) is 5.41 Å². The molecule has 0 saturated carbocycles. The van der Waals surface area contributed by atoms with Gasteiger partial charge in [-0.2, -0.15) is 5.10 Å². The molecule has 0 spiro atoms. The van der Waals surface area contributed by atoms with E-state index >= 15 is 0 Å². The third-order valence-corrected chi connectivity index (χ3v) is 2.99. The molecule has 0 radical (unpaired) electrons. The van der Waals surface area contributed by atoms with Crippen molar-refractivity contribution in [1.29, 1.82) is 0 Å². The molecule has 21 heavy (non-hydrogen) atoms. The molecular weight excluding hydrogens is 262 g/mol. The highest BCUT2D eigenvalue weighted by Gasteiger charge is 2.17. The summed E-state index contributed by atoms with van der Waals surface area (Å²) in [6.45, 7) is 6.39. The Morgan fingerprint density at radius 2 is 1.71 bits per heavy atom. The van der Waals surface area contributed by atoms with Crippen molar-refractivity contribution in [1.82, 2.24) is 24.6 Å². The van der Waals surface area contributed by atoms with E-state index in [2.05, 4.69) is 52.7 Å². The second-order valence-corrected chi connectivity index (χ2v) is 5.80. The van der Waals surface area contributed by atoms with E-state index in [4.69, 9.17) is 0 Å². The van der Waals surface area contributed by atoms with Crippen LogP contribution in [0.2, 0.25) is 0 Å². The lowest BCUT2D eigenvalue weighted by Crippen LogP contribution is -2.11. The topological polar surface area (TPSA) is 56.0 Å². The maximum Gasteiger partial charge on any atom is 0.155 e. The van der Waals surface area contributed by atoms with Gasteiger partial charge in [0.15, 0.2) is 5.65 Å². The first kappa shape index (κ1) is 13.3. The molecule has 0 bridgehead atoms. The third kappa shape index (κ3) is 2.90. The summed E-state index contributed by atoms with van der Waals surface area (Å²) in [5.41, 5.74) is 3.41. The molecule has 5 heteroatoms. The molecule has 0 unspecified atom stereocenters. The van der Waals surface area contributed by atoms with Gasteiger partial charge in [0.2, 0.25) is 0 Å². The van der Waals surface area contributed by atoms with E-state index in [0.29, 0.717) is 0 Å². The first-order chi connectivity index (χ1) is 10.0. The molecule has 0 fully saturated rings. The van der Waals surface area contributed by atoms with Crippen molar-refractivity contribution >= 4 is 5.65 Å². The van der Waals surface area contributed by atoms with Crippen LogP contribution < -0.4 is 0 Å². The van der Waals surface area contributed by atoms with Crippen LogP contribution in [0.1, 0.15) is 37.6 Å². The van der Waals surface area contributed by atoms with Gasteiger partial charge in [0, 0.05) is 36.3 Å². The molecule has 3 heterocycles. The number of rotatable bonds is 0. The molecule has 0 saturated heterocycles. The van der Waals surface area contributed by atoms with Crippen molar-refractivity contribution in [3.05, 3.63) is 54.0 Å². The molecule has 3 aromatic rings. The normalized spacial score (nSPS) is 11.2. The molecule has 0 aliphatic heterocycles. The third-order valence-electron chi connectivity index (χ3n) is 2.99. The van der Waals surface area contributed by atoms with Gasteiger partial charge in [0.05, 0.1) is 16.8 Å². The van der Waals surface area contributed by atoms with Gasteiger partial charge in [0.1, 0.15) is 6.33 Å². The molecule has 0 amide bonds. The second-order valence-electron chi connectivity index (χ2n) is 5.80. The minimum absolute atomic E-state index is 0.000912. The molecule has 5 nitrogen and oxygen atoms in total. The number of aromatic nitrogens is 5. The highest BCUT2D eigenvalue weighted by Crippen LogP contribution is 2.21. The summed E-state index contributed by atoms with van der Waals surface area (Å²) >= 11 is 0. The van der Waals surface area contributed by atoms with Crippen LogP contribution in [0.5, 0.6) is 0 Å². The number of fused-ring (bicyclic) bond motifs is 1. The van der Waals surface area contributed by atoms with E-state index < -0.39 is 0 Å². The maximum absolute atomic E-state index is 4.56. The fourth-order valence-corrected chi connectivity index (χ4v) is 1.82. The number of hydrogen-bond donors (Lipinski definition) is 0. The van der Waals surface area contributed by atoms with Gasteiger partial charge >= 0.3 is 0 Å². The van der Waals surface area contributed by atoms with Crippen LogP contribution in [-0.4, -0.2) is 24.6 Å². The fraction of sp³-hybridized carbons (Fsp3) is 0.250. The van der Waals surface area contributed by atoms with Crippen LogP contribution in [0, 0.1) is 11.8 Å². The van der Waals surface area contributed by atoms with Crippen LogP contribution >= 0.6 is 0 Å². The SMILES string of the molecule is CC(C)(C)c1cc2ncc(C#Cc3cncnc3)cn2n1. The van der Waals surface area contributed by atoms with Gasteiger partial charge in [-0.05, 0) is 0 Å². The van der Waals surface area contributed by atoms with E-state index in [0.717, 1.165) is 22.5 Å². The van der Waals surface area contributed by atoms with E-state index in [1.807, 2.05) is 12.3 Å². The zero-order valence-electron chi connectivity index (χ0n) is 12.2. The summed E-state index contributed by atoms with van der Waals surface area (Å²) in [6, 6.07) is 2.00. The summed E-state index contributed by atoms with van der Waals surface area (Å²) in [4.78, 5) is 12.3. The first-order valence-corrected chi connectivity index (χ1v) is 6.65. The van der Waals surface area contributed by atoms with Crippen LogP contribution in [-0.2, 0) is 5.41 Å². The smallest absolute Gasteiger partial charge is 0.155 e. The van der Waals surface area contributed by atoms with Crippen molar-refractivity contribution in [3.8, 4) is 11.8 Å². The monoisotopic (exact) mass is 277 g/mol. The first-order valence-electron chi connectivity index (χ1n) is 6.65. The Morgan fingerprint density at radius 3 is 2.43 bits per heavy atom. The van der Waals surface area contributed by atoms with Gasteiger partial charge in [0.25, 0.3) is 0 Å². The Morgan fingerprint density at radius 1 is 1.00 bits per heavy atom. The molecule has 0 aromatic carbocycles. The van der Waals surface area contributed by atoms with Crippen LogP contribution in [0.15, 0.2) is 37.2 Å². The second kappa shape index (κ2) is 4.98. The average Bonchev–Trinajstić information content (AvgIpc) is 2.89. The lowest BCUT2D eigenvalue weighted by atomic mass is 9.93. The molecular formula is C16H15N5. The zero-order valence-corrected chi connectivity index (χ0v) is 12.2. The molecule has 0 atom stereocenters. The molecule has 0 N–H and O–H groups in total. The van der Waals surface area contributed by atoms with Gasteiger partial charge in [-0.15, -0.1) is 0 Å². The maximum atomic E-state index is 4.56. The number of nitrogens with zero attached hydrogens (tertiary/aromatic N) is 5. The molecule has 3 aromatic heterocycles. The highest BCUT2D eigenvalue weighted by molar-refractivity contribution is 5.45. The molecule has 0 aliphatic carbocycles. The number of hydrogen-bond acceptors (Lipinski definition) is 4. The van der Waals surface area contributed by atoms with Crippen molar-refractivity contribution in [2.24, 2.45) is 0 Å². The van der Waals surface area contributed by atoms with Gasteiger partial charge in [-0.1, -0.05) is 32.6 Å². The van der Waals surface area contributed by atoms with Crippen LogP contribution in [0.4, 0.5) is 0 Å². The van der Waals surface area contributed by atoms with Crippen molar-refractivity contribution in [2.75, 3.05) is 0 Å². The quantitative estimate of drug-likeness (QED) is 0.591. The average molecular weight is 277 g/mol. The highest BCUT2D eigenvalue weighted by atomic mass is 15.2. The van der Waals surface area contributed by atoms with Crippen molar-refractivity contribution in [3.63, 3.8) is 0 Å². The van der Waals surface area contributed by atoms with Crippen LogP contribution in [0.25, 0.3) is 5.65 Å². The standard InChI is InChI=1S/C16H15N5/c1-16(2,3)14-6-15-19-9-13(10-21(15)20-14)5-4-12-7-17-11-18-8-12/h6-11H,1-3H3. The Hall–Kier alpha value is -2.74. The molecule has 3 rings (SSSR count). The fourth-order valence-electron chi connectivity index (χ4n) is 1.82. The molecule has 104 valence electrons. The predicted octanol–water partition coefficient (Wildman–Crippen LogP) is 2.22. The van der Waals surface area contributed by atoms with E-state index in [9.17, 15) is 0 Å². The molecule has 0 aliphatic rings. The van der Waals surface area contributed by atoms with Gasteiger partial charge < -0.3 is 0 Å². The van der Waals surface area contributed by atoms with Gasteiger partial charge in [-0.3, -0.25) is 0 Å². The Balaban J connectivity index is 1.97. The lowest BCUT2D eigenvalue weighted by Gasteiger charge is -2.13. The van der Waals surface area contributed by atoms with Crippen molar-refractivity contribution in [2.45, 2.75) is 26.2 Å². The van der Waals surface area contributed by atoms with Crippen molar-refractivity contribution < 1.29 is 0 Å². The van der Waals surface area contributed by atoms with Crippen LogP contribution in [0.3, 0.4) is 0 Å².